The van der Waals surface area contributed by atoms with E-state index in [0.29, 0.717) is 43.1 Å². The summed E-state index contributed by atoms with van der Waals surface area (Å²) in [5.41, 5.74) is 2.06. The summed E-state index contributed by atoms with van der Waals surface area (Å²) in [7, 11) is 1.94. The Labute approximate surface area is 193 Å². The Balaban J connectivity index is 1.83. The molecule has 0 spiro atoms. The summed E-state index contributed by atoms with van der Waals surface area (Å²) < 4.78 is 11.3. The zero-order chi connectivity index (χ0) is 23.5. The number of rotatable bonds is 7. The van der Waals surface area contributed by atoms with Gasteiger partial charge in [0.05, 0.1) is 23.8 Å². The topological polar surface area (TPSA) is 79.3 Å². The lowest BCUT2D eigenvalue weighted by molar-refractivity contribution is -0.139. The molecule has 7 nitrogen and oxygen atoms in total. The van der Waals surface area contributed by atoms with Gasteiger partial charge < -0.3 is 24.4 Å². The number of ketones is 1. The maximum Gasteiger partial charge on any atom is 0.295 e. The predicted molar refractivity (Wildman–Crippen MR) is 127 cm³/mol. The molecule has 172 valence electrons. The van der Waals surface area contributed by atoms with Gasteiger partial charge in [0.15, 0.2) is 0 Å². The lowest BCUT2D eigenvalue weighted by Gasteiger charge is -2.28. The second-order valence-corrected chi connectivity index (χ2v) is 8.12. The number of benzene rings is 2. The van der Waals surface area contributed by atoms with Crippen molar-refractivity contribution in [3.8, 4) is 11.5 Å². The number of Topliss-reactive ketones (excluding diaryl/α,β-unsaturated/α-hetero) is 1. The van der Waals surface area contributed by atoms with E-state index in [0.717, 1.165) is 18.0 Å². The van der Waals surface area contributed by atoms with Crippen LogP contribution < -0.4 is 14.4 Å². The summed E-state index contributed by atoms with van der Waals surface area (Å²) >= 11 is 0. The van der Waals surface area contributed by atoms with Crippen molar-refractivity contribution in [3.63, 3.8) is 0 Å². The highest BCUT2D eigenvalue weighted by molar-refractivity contribution is 6.46. The quantitative estimate of drug-likeness (QED) is 0.299. The van der Waals surface area contributed by atoms with Gasteiger partial charge in [-0.1, -0.05) is 31.7 Å². The molecule has 2 aromatic carbocycles. The molecule has 0 aliphatic carbocycles. The van der Waals surface area contributed by atoms with Crippen molar-refractivity contribution >= 4 is 23.1 Å². The largest absolute Gasteiger partial charge is 0.507 e. The smallest absolute Gasteiger partial charge is 0.295 e. The standard InChI is InChI=1S/C26H28N2O5/c1-4-11-28-23(17-7-6-8-19(15-17)32-13-5-2)22(25(30)26(28)31)24(29)18-9-10-21-20(16-18)27(3)12-14-33-21/h5-10,15-16,23,29H,2,4,11-14H2,1,3H3/b24-22-. The summed E-state index contributed by atoms with van der Waals surface area (Å²) in [6.45, 7) is 7.64. The lowest BCUT2D eigenvalue weighted by atomic mass is 9.94. The van der Waals surface area contributed by atoms with Crippen molar-refractivity contribution < 1.29 is 24.2 Å². The summed E-state index contributed by atoms with van der Waals surface area (Å²) in [6.07, 6.45) is 2.32. The molecule has 1 N–H and O–H groups in total. The van der Waals surface area contributed by atoms with Crippen LogP contribution in [0.2, 0.25) is 0 Å². The average Bonchev–Trinajstić information content (AvgIpc) is 3.08. The molecule has 1 fully saturated rings. The second-order valence-electron chi connectivity index (χ2n) is 8.12. The monoisotopic (exact) mass is 448 g/mol. The van der Waals surface area contributed by atoms with Gasteiger partial charge in [-0.3, -0.25) is 9.59 Å². The molecule has 0 aromatic heterocycles. The van der Waals surface area contributed by atoms with Crippen LogP contribution in [0, 0.1) is 0 Å². The highest BCUT2D eigenvalue weighted by Gasteiger charge is 2.45. The first-order chi connectivity index (χ1) is 16.0. The van der Waals surface area contributed by atoms with E-state index < -0.39 is 17.7 Å². The van der Waals surface area contributed by atoms with Crippen LogP contribution in [0.3, 0.4) is 0 Å². The summed E-state index contributed by atoms with van der Waals surface area (Å²) in [5.74, 6) is -0.182. The van der Waals surface area contributed by atoms with Gasteiger partial charge in [-0.15, -0.1) is 0 Å². The Morgan fingerprint density at radius 2 is 2.09 bits per heavy atom. The SMILES string of the molecule is C=CCOc1cccc(C2/C(=C(/O)c3ccc4c(c3)N(C)CCO4)C(=O)C(=O)N2CCC)c1. The van der Waals surface area contributed by atoms with Gasteiger partial charge in [-0.2, -0.15) is 0 Å². The molecule has 0 bridgehead atoms. The van der Waals surface area contributed by atoms with Crippen LogP contribution in [0.1, 0.15) is 30.5 Å². The van der Waals surface area contributed by atoms with Gasteiger partial charge in [-0.05, 0) is 42.3 Å². The fourth-order valence-corrected chi connectivity index (χ4v) is 4.28. The summed E-state index contributed by atoms with van der Waals surface area (Å²) in [4.78, 5) is 29.6. The highest BCUT2D eigenvalue weighted by atomic mass is 16.5. The van der Waals surface area contributed by atoms with E-state index in [1.807, 2.05) is 31.0 Å². The normalized spacial score (nSPS) is 19.3. The maximum absolute atomic E-state index is 13.1. The zero-order valence-electron chi connectivity index (χ0n) is 18.9. The maximum atomic E-state index is 13.1. The van der Waals surface area contributed by atoms with E-state index in [1.54, 1.807) is 36.4 Å². The number of likely N-dealkylation sites (N-methyl/N-ethyl adjacent to an activating group) is 1. The minimum atomic E-state index is -0.706. The van der Waals surface area contributed by atoms with E-state index in [2.05, 4.69) is 6.58 Å². The summed E-state index contributed by atoms with van der Waals surface area (Å²) in [6, 6.07) is 11.8. The molecule has 2 aliphatic rings. The molecule has 2 heterocycles. The van der Waals surface area contributed by atoms with Crippen LogP contribution in [-0.4, -0.2) is 55.0 Å². The van der Waals surface area contributed by atoms with Crippen molar-refractivity contribution in [2.45, 2.75) is 19.4 Å². The zero-order valence-corrected chi connectivity index (χ0v) is 18.9. The van der Waals surface area contributed by atoms with Crippen LogP contribution in [0.5, 0.6) is 11.5 Å². The van der Waals surface area contributed by atoms with Crippen LogP contribution in [0.25, 0.3) is 5.76 Å². The average molecular weight is 449 g/mol. The fraction of sp³-hybridized carbons (Fsp3) is 0.308. The van der Waals surface area contributed by atoms with Gasteiger partial charge in [-0.25, -0.2) is 0 Å². The molecule has 33 heavy (non-hydrogen) atoms. The van der Waals surface area contributed by atoms with E-state index in [-0.39, 0.29) is 11.3 Å². The predicted octanol–water partition coefficient (Wildman–Crippen LogP) is 3.91. The Kier molecular flexibility index (Phi) is 6.40. The van der Waals surface area contributed by atoms with Crippen LogP contribution in [0.4, 0.5) is 5.69 Å². The van der Waals surface area contributed by atoms with E-state index >= 15 is 0 Å². The minimum absolute atomic E-state index is 0.0775. The molecule has 4 rings (SSSR count). The van der Waals surface area contributed by atoms with Gasteiger partial charge in [0.2, 0.25) is 0 Å². The number of ether oxygens (including phenoxy) is 2. The highest BCUT2D eigenvalue weighted by Crippen LogP contribution is 2.41. The number of aliphatic hydroxyl groups excluding tert-OH is 1. The Hall–Kier alpha value is -3.74. The molecule has 1 unspecified atom stereocenters. The number of fused-ring (bicyclic) bond motifs is 1. The minimum Gasteiger partial charge on any atom is -0.507 e. The first-order valence-corrected chi connectivity index (χ1v) is 11.1. The number of hydrogen-bond acceptors (Lipinski definition) is 6. The molecular formula is C26H28N2O5. The van der Waals surface area contributed by atoms with Crippen LogP contribution in [-0.2, 0) is 9.59 Å². The third-order valence-corrected chi connectivity index (χ3v) is 5.87. The third-order valence-electron chi connectivity index (χ3n) is 5.87. The van der Waals surface area contributed by atoms with Crippen LogP contribution in [0.15, 0.2) is 60.7 Å². The molecule has 2 aromatic rings. The Morgan fingerprint density at radius 1 is 1.27 bits per heavy atom. The number of nitrogens with zero attached hydrogens (tertiary/aromatic N) is 2. The van der Waals surface area contributed by atoms with Crippen molar-refractivity contribution in [1.82, 2.24) is 4.90 Å². The van der Waals surface area contributed by atoms with Gasteiger partial charge in [0, 0.05) is 19.2 Å². The van der Waals surface area contributed by atoms with E-state index in [1.165, 1.54) is 4.90 Å². The number of anilines is 1. The number of aliphatic hydroxyl groups is 1. The number of hydrogen-bond donors (Lipinski definition) is 1. The first kappa shape index (κ1) is 22.5. The molecule has 0 saturated carbocycles. The van der Waals surface area contributed by atoms with Gasteiger partial charge in [0.25, 0.3) is 11.7 Å². The first-order valence-electron chi connectivity index (χ1n) is 11.1. The van der Waals surface area contributed by atoms with Crippen molar-refractivity contribution in [2.75, 3.05) is 38.3 Å². The van der Waals surface area contributed by atoms with Gasteiger partial charge in [0.1, 0.15) is 30.5 Å². The van der Waals surface area contributed by atoms with E-state index in [4.69, 9.17) is 9.47 Å². The van der Waals surface area contributed by atoms with Crippen molar-refractivity contribution in [3.05, 3.63) is 71.8 Å². The molecule has 1 amide bonds. The lowest BCUT2D eigenvalue weighted by Crippen LogP contribution is -2.30. The number of carbonyl (C=O) groups excluding carboxylic acids is 2. The second kappa shape index (κ2) is 9.40. The number of likely N-dealkylation sites (tertiary alicyclic amines) is 1. The summed E-state index contributed by atoms with van der Waals surface area (Å²) in [5, 5.41) is 11.3. The fourth-order valence-electron chi connectivity index (χ4n) is 4.28. The molecule has 2 aliphatic heterocycles. The van der Waals surface area contributed by atoms with Crippen molar-refractivity contribution in [1.29, 1.82) is 0 Å². The third kappa shape index (κ3) is 4.18. The molecule has 0 radical (unpaired) electrons. The molecule has 7 heteroatoms. The number of carbonyl (C=O) groups is 2. The van der Waals surface area contributed by atoms with Crippen LogP contribution >= 0.6 is 0 Å². The van der Waals surface area contributed by atoms with Crippen molar-refractivity contribution in [2.24, 2.45) is 0 Å². The number of amides is 1. The van der Waals surface area contributed by atoms with E-state index in [9.17, 15) is 14.7 Å². The Bertz CT molecular complexity index is 1120. The molecule has 1 saturated heterocycles. The van der Waals surface area contributed by atoms with Gasteiger partial charge >= 0.3 is 0 Å². The Morgan fingerprint density at radius 3 is 2.85 bits per heavy atom. The molecular weight excluding hydrogens is 420 g/mol. The molecule has 1 atom stereocenters.